The Morgan fingerprint density at radius 1 is 1.38 bits per heavy atom. The molecular formula is C13H17BN4O3. The molecule has 0 aliphatic heterocycles. The minimum Gasteiger partial charge on any atom is -0.396 e. The molecule has 110 valence electrons. The second-order valence-corrected chi connectivity index (χ2v) is 4.68. The highest BCUT2D eigenvalue weighted by atomic mass is 16.6. The molecule has 0 spiro atoms. The Hall–Kier alpha value is -2.35. The van der Waals surface area contributed by atoms with Crippen LogP contribution in [0.1, 0.15) is 12.0 Å². The fourth-order valence-corrected chi connectivity index (χ4v) is 2.13. The molecule has 2 aromatic rings. The van der Waals surface area contributed by atoms with Gasteiger partial charge in [-0.2, -0.15) is 5.10 Å². The highest BCUT2D eigenvalue weighted by molar-refractivity contribution is 6.34. The van der Waals surface area contributed by atoms with E-state index in [-0.39, 0.29) is 12.3 Å². The number of aliphatic hydroxyl groups excluding tert-OH is 1. The number of aromatic nitrogens is 2. The van der Waals surface area contributed by atoms with Crippen LogP contribution in [0.2, 0.25) is 0 Å². The van der Waals surface area contributed by atoms with E-state index in [1.807, 2.05) is 30.3 Å². The lowest BCUT2D eigenvalue weighted by Crippen LogP contribution is -2.11. The van der Waals surface area contributed by atoms with Gasteiger partial charge < -0.3 is 10.4 Å². The van der Waals surface area contributed by atoms with Gasteiger partial charge in [-0.3, -0.25) is 10.1 Å². The monoisotopic (exact) mass is 288 g/mol. The first-order valence-corrected chi connectivity index (χ1v) is 6.74. The minimum atomic E-state index is -0.425. The molecule has 21 heavy (non-hydrogen) atoms. The molecule has 2 N–H and O–H groups in total. The van der Waals surface area contributed by atoms with Crippen LogP contribution in [0.4, 0.5) is 11.5 Å². The summed E-state index contributed by atoms with van der Waals surface area (Å²) in [6.07, 6.45) is 0.498. The van der Waals surface area contributed by atoms with Crippen LogP contribution in [0, 0.1) is 10.1 Å². The lowest BCUT2D eigenvalue weighted by atomic mass is 10.0. The zero-order chi connectivity index (χ0) is 15.2. The molecule has 1 aromatic heterocycles. The third kappa shape index (κ3) is 3.60. The molecule has 0 amide bonds. The van der Waals surface area contributed by atoms with Crippen LogP contribution < -0.4 is 10.9 Å². The Kier molecular flexibility index (Phi) is 4.94. The van der Waals surface area contributed by atoms with Crippen molar-refractivity contribution in [1.82, 2.24) is 9.78 Å². The van der Waals surface area contributed by atoms with Crippen molar-refractivity contribution in [3.8, 4) is 0 Å². The van der Waals surface area contributed by atoms with Gasteiger partial charge in [-0.05, 0) is 12.0 Å². The zero-order valence-electron chi connectivity index (χ0n) is 11.8. The van der Waals surface area contributed by atoms with Gasteiger partial charge in [-0.25, -0.2) is 4.68 Å². The summed E-state index contributed by atoms with van der Waals surface area (Å²) in [5, 5.41) is 27.4. The maximum absolute atomic E-state index is 11.2. The molecule has 7 nitrogen and oxygen atoms in total. The van der Waals surface area contributed by atoms with Gasteiger partial charge >= 0.3 is 5.69 Å². The van der Waals surface area contributed by atoms with Gasteiger partial charge in [0.1, 0.15) is 0 Å². The van der Waals surface area contributed by atoms with E-state index in [2.05, 4.69) is 10.4 Å². The van der Waals surface area contributed by atoms with Crippen LogP contribution in [-0.2, 0) is 13.1 Å². The summed E-state index contributed by atoms with van der Waals surface area (Å²) >= 11 is 0. The molecule has 0 saturated carbocycles. The number of anilines is 1. The number of aryl methyl sites for hydroxylation is 1. The largest absolute Gasteiger partial charge is 0.396 e. The summed E-state index contributed by atoms with van der Waals surface area (Å²) in [5.41, 5.74) is 1.39. The molecular weight excluding hydrogens is 271 g/mol. The molecule has 0 radical (unpaired) electrons. The van der Waals surface area contributed by atoms with Crippen molar-refractivity contribution in [3.05, 3.63) is 46.0 Å². The van der Waals surface area contributed by atoms with Crippen LogP contribution in [0.3, 0.4) is 0 Å². The third-order valence-electron chi connectivity index (χ3n) is 3.11. The number of nitro groups is 1. The highest BCUT2D eigenvalue weighted by Gasteiger charge is 2.24. The average Bonchev–Trinajstić information content (AvgIpc) is 2.80. The van der Waals surface area contributed by atoms with Crippen molar-refractivity contribution in [2.75, 3.05) is 11.9 Å². The smallest absolute Gasteiger partial charge is 0.323 e. The summed E-state index contributed by atoms with van der Waals surface area (Å²) in [6, 6.07) is 9.64. The van der Waals surface area contributed by atoms with Gasteiger partial charge in [0, 0.05) is 19.7 Å². The lowest BCUT2D eigenvalue weighted by molar-refractivity contribution is -0.382. The number of aliphatic hydroxyl groups is 1. The fraction of sp³-hybridized carbons (Fsp3) is 0.308. The van der Waals surface area contributed by atoms with Gasteiger partial charge in [0.25, 0.3) is 0 Å². The molecule has 2 rings (SSSR count). The highest BCUT2D eigenvalue weighted by Crippen LogP contribution is 2.22. The number of nitrogens with zero attached hydrogens (tertiary/aromatic N) is 3. The Labute approximate surface area is 123 Å². The standard InChI is InChI=1S/C13H17BN4O3/c14-12-11(18(20)21)13(17(16-12)7-4-8-19)15-9-10-5-2-1-3-6-10/h1-3,5-6,15,19H,4,7-9,14H2. The molecule has 8 heteroatoms. The number of benzene rings is 1. The molecule has 0 aliphatic rings. The Morgan fingerprint density at radius 2 is 2.10 bits per heavy atom. The molecule has 0 atom stereocenters. The van der Waals surface area contributed by atoms with Gasteiger partial charge in [0.2, 0.25) is 5.82 Å². The van der Waals surface area contributed by atoms with Crippen LogP contribution in [0.15, 0.2) is 30.3 Å². The van der Waals surface area contributed by atoms with Crippen LogP contribution in [-0.4, -0.2) is 34.3 Å². The summed E-state index contributed by atoms with van der Waals surface area (Å²) in [4.78, 5) is 10.8. The molecule has 1 aromatic carbocycles. The van der Waals surface area contributed by atoms with Gasteiger partial charge in [-0.1, -0.05) is 30.3 Å². The number of rotatable bonds is 7. The number of hydrogen-bond acceptors (Lipinski definition) is 5. The first-order chi connectivity index (χ1) is 10.1. The maximum atomic E-state index is 11.2. The minimum absolute atomic E-state index is 0.0103. The second kappa shape index (κ2) is 6.89. The first kappa shape index (κ1) is 15.1. The summed E-state index contributed by atoms with van der Waals surface area (Å²) in [5.74, 6) is 0.384. The molecule has 0 saturated heterocycles. The number of hydrogen-bond donors (Lipinski definition) is 2. The molecule has 0 fully saturated rings. The van der Waals surface area contributed by atoms with E-state index in [9.17, 15) is 10.1 Å². The Balaban J connectivity index is 2.24. The number of nitrogens with one attached hydrogen (secondary N) is 1. The summed E-state index contributed by atoms with van der Waals surface area (Å²) in [7, 11) is 1.61. The van der Waals surface area contributed by atoms with E-state index < -0.39 is 4.92 Å². The molecule has 0 unspecified atom stereocenters. The van der Waals surface area contributed by atoms with E-state index >= 15 is 0 Å². The quantitative estimate of drug-likeness (QED) is 0.426. The molecule has 0 bridgehead atoms. The summed E-state index contributed by atoms with van der Waals surface area (Å²) < 4.78 is 1.55. The van der Waals surface area contributed by atoms with Crippen LogP contribution >= 0.6 is 0 Å². The van der Waals surface area contributed by atoms with Gasteiger partial charge in [0.15, 0.2) is 7.85 Å². The zero-order valence-corrected chi connectivity index (χ0v) is 11.8. The van der Waals surface area contributed by atoms with Gasteiger partial charge in [-0.15, -0.1) is 0 Å². The predicted octanol–water partition coefficient (Wildman–Crippen LogP) is 0.0442. The van der Waals surface area contributed by atoms with Crippen molar-refractivity contribution >= 4 is 24.9 Å². The molecule has 1 heterocycles. The molecule has 0 aliphatic carbocycles. The van der Waals surface area contributed by atoms with E-state index in [0.29, 0.717) is 30.9 Å². The average molecular weight is 288 g/mol. The lowest BCUT2D eigenvalue weighted by Gasteiger charge is -2.09. The van der Waals surface area contributed by atoms with Crippen molar-refractivity contribution in [3.63, 3.8) is 0 Å². The van der Waals surface area contributed by atoms with E-state index in [0.717, 1.165) is 5.56 Å². The maximum Gasteiger partial charge on any atom is 0.323 e. The van der Waals surface area contributed by atoms with E-state index in [4.69, 9.17) is 5.11 Å². The predicted molar refractivity (Wildman–Crippen MR) is 82.5 cm³/mol. The fourth-order valence-electron chi connectivity index (χ4n) is 2.13. The second-order valence-electron chi connectivity index (χ2n) is 4.68. The normalized spacial score (nSPS) is 10.5. The van der Waals surface area contributed by atoms with Crippen LogP contribution in [0.25, 0.3) is 0 Å². The van der Waals surface area contributed by atoms with Gasteiger partial charge in [0.05, 0.1) is 10.5 Å². The summed E-state index contributed by atoms with van der Waals surface area (Å²) in [6.45, 7) is 0.930. The van der Waals surface area contributed by atoms with E-state index in [1.54, 1.807) is 12.5 Å². The third-order valence-corrected chi connectivity index (χ3v) is 3.11. The van der Waals surface area contributed by atoms with Crippen molar-refractivity contribution in [1.29, 1.82) is 0 Å². The first-order valence-electron chi connectivity index (χ1n) is 6.74. The van der Waals surface area contributed by atoms with Crippen LogP contribution in [0.5, 0.6) is 0 Å². The SMILES string of the molecule is Bc1nn(CCCO)c(NCc2ccccc2)c1[N+](=O)[O-]. The van der Waals surface area contributed by atoms with Crippen molar-refractivity contribution in [2.24, 2.45) is 0 Å². The van der Waals surface area contributed by atoms with Crippen molar-refractivity contribution < 1.29 is 10.0 Å². The topological polar surface area (TPSA) is 93.2 Å². The van der Waals surface area contributed by atoms with Crippen molar-refractivity contribution in [2.45, 2.75) is 19.5 Å². The Morgan fingerprint density at radius 3 is 2.71 bits per heavy atom. The Bertz CT molecular complexity index is 615. The van der Waals surface area contributed by atoms with E-state index in [1.165, 1.54) is 0 Å².